The molecule has 0 spiro atoms. The van der Waals surface area contributed by atoms with Gasteiger partial charge in [0.1, 0.15) is 18.4 Å². The van der Waals surface area contributed by atoms with E-state index in [1.807, 2.05) is 0 Å². The molecule has 8 heteroatoms. The fourth-order valence-electron chi connectivity index (χ4n) is 1.99. The highest BCUT2D eigenvalue weighted by Gasteiger charge is 2.34. The Morgan fingerprint density at radius 1 is 1.50 bits per heavy atom. The monoisotopic (exact) mass is 277 g/mol. The molecule has 1 aromatic heterocycles. The molecule has 1 unspecified atom stereocenters. The Balaban J connectivity index is 2.32. The molecular weight excluding hydrogens is 262 g/mol. The molecule has 1 aromatic rings. The van der Waals surface area contributed by atoms with Crippen LogP contribution in [0.4, 0.5) is 5.82 Å². The van der Waals surface area contributed by atoms with Crippen LogP contribution in [0, 0.1) is 6.92 Å². The second-order valence-corrected chi connectivity index (χ2v) is 4.55. The first-order valence-electron chi connectivity index (χ1n) is 6.02. The van der Waals surface area contributed by atoms with Crippen molar-refractivity contribution in [3.8, 4) is 0 Å². The maximum atomic E-state index is 12.4. The Morgan fingerprint density at radius 3 is 2.85 bits per heavy atom. The van der Waals surface area contributed by atoms with Gasteiger partial charge in [0.05, 0.1) is 0 Å². The molecule has 1 aliphatic heterocycles. The van der Waals surface area contributed by atoms with Crippen molar-refractivity contribution in [1.82, 2.24) is 15.2 Å². The molecule has 20 heavy (non-hydrogen) atoms. The molecule has 0 saturated carbocycles. The van der Waals surface area contributed by atoms with Crippen LogP contribution in [-0.2, 0) is 9.59 Å². The number of nitrogen functional groups attached to an aromatic ring is 1. The predicted octanol–water partition coefficient (Wildman–Crippen LogP) is -0.837. The van der Waals surface area contributed by atoms with Gasteiger partial charge in [0.2, 0.25) is 11.8 Å². The molecule has 0 radical (unpaired) electrons. The number of aromatic nitrogens is 1. The Hall–Kier alpha value is -2.48. The minimum absolute atomic E-state index is 0.154. The van der Waals surface area contributed by atoms with Gasteiger partial charge in [-0.05, 0) is 26.0 Å². The van der Waals surface area contributed by atoms with Crippen molar-refractivity contribution >= 4 is 23.5 Å². The maximum Gasteiger partial charge on any atom is 0.255 e. The topological polar surface area (TPSA) is 117 Å². The van der Waals surface area contributed by atoms with Gasteiger partial charge in [0.25, 0.3) is 5.91 Å². The Labute approximate surface area is 115 Å². The van der Waals surface area contributed by atoms with Crippen molar-refractivity contribution in [3.63, 3.8) is 0 Å². The van der Waals surface area contributed by atoms with Gasteiger partial charge in [-0.25, -0.2) is 10.8 Å². The summed E-state index contributed by atoms with van der Waals surface area (Å²) in [5.41, 5.74) is 3.29. The Bertz CT molecular complexity index is 586. The number of piperazine rings is 1. The van der Waals surface area contributed by atoms with Crippen molar-refractivity contribution < 1.29 is 14.4 Å². The van der Waals surface area contributed by atoms with E-state index >= 15 is 0 Å². The number of carbonyl (C=O) groups excluding carboxylic acids is 3. The fourth-order valence-corrected chi connectivity index (χ4v) is 1.99. The third kappa shape index (κ3) is 2.59. The Kier molecular flexibility index (Phi) is 3.66. The predicted molar refractivity (Wildman–Crippen MR) is 70.4 cm³/mol. The number of aryl methyl sites for hydroxylation is 1. The second-order valence-electron chi connectivity index (χ2n) is 4.55. The average Bonchev–Trinajstić information content (AvgIpc) is 2.41. The molecule has 2 rings (SSSR count). The number of nitrogens with two attached hydrogens (primary N) is 1. The summed E-state index contributed by atoms with van der Waals surface area (Å²) in [6, 6.07) is 2.34. The van der Waals surface area contributed by atoms with Crippen molar-refractivity contribution in [2.75, 3.05) is 12.0 Å². The van der Waals surface area contributed by atoms with Crippen molar-refractivity contribution in [2.45, 2.75) is 19.9 Å². The zero-order chi connectivity index (χ0) is 14.9. The van der Waals surface area contributed by atoms with Gasteiger partial charge in [0, 0.05) is 11.3 Å². The fraction of sp³-hybridized carbons (Fsp3) is 0.333. The molecule has 0 bridgehead atoms. The molecule has 1 aliphatic rings. The van der Waals surface area contributed by atoms with Crippen molar-refractivity contribution in [3.05, 3.63) is 23.4 Å². The first-order valence-corrected chi connectivity index (χ1v) is 6.02. The summed E-state index contributed by atoms with van der Waals surface area (Å²) >= 11 is 0. The van der Waals surface area contributed by atoms with Crippen LogP contribution in [0.1, 0.15) is 23.0 Å². The molecule has 1 fully saturated rings. The van der Waals surface area contributed by atoms with Crippen LogP contribution < -0.4 is 16.6 Å². The van der Waals surface area contributed by atoms with Gasteiger partial charge in [-0.15, -0.1) is 0 Å². The highest BCUT2D eigenvalue weighted by Crippen LogP contribution is 2.15. The Morgan fingerprint density at radius 2 is 2.20 bits per heavy atom. The normalized spacial score (nSPS) is 18.8. The molecule has 0 aliphatic carbocycles. The number of pyridine rings is 1. The molecule has 1 atom stereocenters. The van der Waals surface area contributed by atoms with Crippen molar-refractivity contribution in [1.29, 1.82) is 0 Å². The SMILES string of the molecule is Cc1cc(C(=O)N2CC(=O)NC(=O)C2C)cc(NN)n1. The number of carbonyl (C=O) groups is 3. The minimum Gasteiger partial charge on any atom is -0.318 e. The lowest BCUT2D eigenvalue weighted by Crippen LogP contribution is -2.58. The number of hydrogen-bond acceptors (Lipinski definition) is 6. The van der Waals surface area contributed by atoms with E-state index in [0.29, 0.717) is 17.1 Å². The number of nitrogens with zero attached hydrogens (tertiary/aromatic N) is 2. The molecule has 8 nitrogen and oxygen atoms in total. The molecule has 1 saturated heterocycles. The van der Waals surface area contributed by atoms with Gasteiger partial charge in [-0.1, -0.05) is 0 Å². The van der Waals surface area contributed by atoms with E-state index < -0.39 is 23.8 Å². The molecular formula is C12H15N5O3. The number of amides is 3. The van der Waals surface area contributed by atoms with Gasteiger partial charge in [0.15, 0.2) is 0 Å². The van der Waals surface area contributed by atoms with Crippen LogP contribution in [-0.4, -0.2) is 40.2 Å². The van der Waals surface area contributed by atoms with Crippen LogP contribution in [0.25, 0.3) is 0 Å². The highest BCUT2D eigenvalue weighted by molar-refractivity contribution is 6.07. The zero-order valence-electron chi connectivity index (χ0n) is 11.1. The van der Waals surface area contributed by atoms with Crippen molar-refractivity contribution in [2.24, 2.45) is 5.84 Å². The summed E-state index contributed by atoms with van der Waals surface area (Å²) in [5, 5.41) is 2.18. The van der Waals surface area contributed by atoms with E-state index in [0.717, 1.165) is 0 Å². The van der Waals surface area contributed by atoms with Crippen LogP contribution in [0.2, 0.25) is 0 Å². The van der Waals surface area contributed by atoms with Gasteiger partial charge >= 0.3 is 0 Å². The van der Waals surface area contributed by atoms with E-state index in [-0.39, 0.29) is 6.54 Å². The van der Waals surface area contributed by atoms with Gasteiger partial charge in [-0.3, -0.25) is 19.7 Å². The number of hydrazine groups is 1. The standard InChI is InChI=1S/C12H15N5O3/c1-6-3-8(4-9(14-6)16-13)12(20)17-5-10(18)15-11(19)7(17)2/h3-4,7H,5,13H2,1-2H3,(H,14,16)(H,15,18,19). The van der Waals surface area contributed by atoms with E-state index in [1.54, 1.807) is 19.9 Å². The number of hydrogen-bond donors (Lipinski definition) is 3. The first kappa shape index (κ1) is 13.9. The third-order valence-corrected chi connectivity index (χ3v) is 3.03. The smallest absolute Gasteiger partial charge is 0.255 e. The van der Waals surface area contributed by atoms with Crippen LogP contribution in [0.15, 0.2) is 12.1 Å². The lowest BCUT2D eigenvalue weighted by molar-refractivity contribution is -0.138. The molecule has 106 valence electrons. The summed E-state index contributed by atoms with van der Waals surface area (Å²) in [5.74, 6) is 4.22. The lowest BCUT2D eigenvalue weighted by Gasteiger charge is -2.31. The average molecular weight is 277 g/mol. The molecule has 3 amide bonds. The quantitative estimate of drug-likeness (QED) is 0.369. The van der Waals surface area contributed by atoms with Gasteiger partial charge < -0.3 is 10.3 Å². The molecule has 4 N–H and O–H groups in total. The number of nitrogens with one attached hydrogen (secondary N) is 2. The summed E-state index contributed by atoms with van der Waals surface area (Å²) in [7, 11) is 0. The summed E-state index contributed by atoms with van der Waals surface area (Å²) < 4.78 is 0. The van der Waals surface area contributed by atoms with E-state index in [2.05, 4.69) is 15.7 Å². The van der Waals surface area contributed by atoms with Gasteiger partial charge in [-0.2, -0.15) is 0 Å². The summed E-state index contributed by atoms with van der Waals surface area (Å²) in [6.45, 7) is 3.13. The van der Waals surface area contributed by atoms with E-state index in [9.17, 15) is 14.4 Å². The largest absolute Gasteiger partial charge is 0.318 e. The van der Waals surface area contributed by atoms with Crippen LogP contribution in [0.3, 0.4) is 0 Å². The third-order valence-electron chi connectivity index (χ3n) is 3.03. The van der Waals surface area contributed by atoms with E-state index in [1.165, 1.54) is 11.0 Å². The number of rotatable bonds is 2. The van der Waals surface area contributed by atoms with E-state index in [4.69, 9.17) is 5.84 Å². The summed E-state index contributed by atoms with van der Waals surface area (Å²) in [4.78, 5) is 40.7. The van der Waals surface area contributed by atoms with Crippen LogP contribution >= 0.6 is 0 Å². The maximum absolute atomic E-state index is 12.4. The molecule has 0 aromatic carbocycles. The number of imide groups is 1. The highest BCUT2D eigenvalue weighted by atomic mass is 16.2. The summed E-state index contributed by atoms with van der Waals surface area (Å²) in [6.07, 6.45) is 0. The minimum atomic E-state index is -0.706. The first-order chi connectivity index (χ1) is 9.42. The lowest BCUT2D eigenvalue weighted by atomic mass is 10.1. The zero-order valence-corrected chi connectivity index (χ0v) is 11.1. The van der Waals surface area contributed by atoms with Crippen LogP contribution in [0.5, 0.6) is 0 Å². The molecule has 2 heterocycles. The second kappa shape index (κ2) is 5.25. The number of anilines is 1.